The molecule has 0 atom stereocenters. The third-order valence-corrected chi connectivity index (χ3v) is 4.55. The highest BCUT2D eigenvalue weighted by molar-refractivity contribution is 7.86. The molecule has 0 aromatic heterocycles. The fraction of sp³-hybridized carbons (Fsp3) is 0. The quantitative estimate of drug-likeness (QED) is 0.421. The summed E-state index contributed by atoms with van der Waals surface area (Å²) in [6.07, 6.45) is 0. The van der Waals surface area contributed by atoms with Gasteiger partial charge in [0.1, 0.15) is 10.6 Å². The van der Waals surface area contributed by atoms with E-state index in [1.54, 1.807) is 24.3 Å². The van der Waals surface area contributed by atoms with Gasteiger partial charge in [0.2, 0.25) is 0 Å². The first kappa shape index (κ1) is 16.7. The van der Waals surface area contributed by atoms with Crippen LogP contribution in [0.15, 0.2) is 59.5 Å². The van der Waals surface area contributed by atoms with E-state index in [1.807, 2.05) is 0 Å². The van der Waals surface area contributed by atoms with Crippen LogP contribution in [0.2, 0.25) is 0 Å². The number of fused-ring (bicyclic) bond motifs is 1. The van der Waals surface area contributed by atoms with E-state index in [0.717, 1.165) is 6.07 Å². The molecule has 0 spiro atoms. The van der Waals surface area contributed by atoms with Crippen molar-refractivity contribution in [1.29, 1.82) is 0 Å². The van der Waals surface area contributed by atoms with Gasteiger partial charge in [0.25, 0.3) is 16.0 Å². The van der Waals surface area contributed by atoms with Crippen LogP contribution in [-0.2, 0) is 10.1 Å². The van der Waals surface area contributed by atoms with Crippen molar-refractivity contribution >= 4 is 38.2 Å². The molecule has 0 unspecified atom stereocenters. The Labute approximate surface area is 143 Å². The molecule has 0 fully saturated rings. The third-order valence-electron chi connectivity index (χ3n) is 3.65. The van der Waals surface area contributed by atoms with Crippen LogP contribution >= 0.6 is 0 Å². The van der Waals surface area contributed by atoms with Crippen molar-refractivity contribution in [3.05, 3.63) is 60.2 Å². The molecule has 0 aliphatic carbocycles. The lowest BCUT2D eigenvalue weighted by molar-refractivity contribution is 0.102. The zero-order chi connectivity index (χ0) is 18.2. The number of nitrogens with two attached hydrogens (primary N) is 1. The Bertz CT molecular complexity index is 1090. The summed E-state index contributed by atoms with van der Waals surface area (Å²) in [4.78, 5) is 12.0. The van der Waals surface area contributed by atoms with Gasteiger partial charge in [-0.15, -0.1) is 0 Å². The van der Waals surface area contributed by atoms with E-state index >= 15 is 0 Å². The van der Waals surface area contributed by atoms with Gasteiger partial charge >= 0.3 is 0 Å². The van der Waals surface area contributed by atoms with Crippen LogP contribution < -0.4 is 11.1 Å². The Balaban J connectivity index is 2.21. The Morgan fingerprint density at radius 1 is 1.04 bits per heavy atom. The molecule has 25 heavy (non-hydrogen) atoms. The van der Waals surface area contributed by atoms with Crippen molar-refractivity contribution in [3.63, 3.8) is 0 Å². The van der Waals surface area contributed by atoms with E-state index in [0.29, 0.717) is 11.1 Å². The summed E-state index contributed by atoms with van der Waals surface area (Å²) < 4.78 is 32.8. The molecule has 0 aliphatic heterocycles. The number of hydrogen-bond donors (Lipinski definition) is 4. The van der Waals surface area contributed by atoms with E-state index in [1.165, 1.54) is 24.3 Å². The number of phenolic OH excluding ortho intramolecular Hbond substituents is 1. The van der Waals surface area contributed by atoms with Crippen LogP contribution in [0.3, 0.4) is 0 Å². The van der Waals surface area contributed by atoms with Crippen molar-refractivity contribution < 1.29 is 22.9 Å². The minimum atomic E-state index is -4.63. The van der Waals surface area contributed by atoms with Crippen LogP contribution in [-0.4, -0.2) is 24.0 Å². The number of aromatic hydroxyl groups is 1. The fourth-order valence-corrected chi connectivity index (χ4v) is 3.20. The zero-order valence-corrected chi connectivity index (χ0v) is 13.6. The number of nitrogen functional groups attached to an aromatic ring is 1. The summed E-state index contributed by atoms with van der Waals surface area (Å²) in [6, 6.07) is 13.3. The largest absolute Gasteiger partial charge is 0.507 e. The van der Waals surface area contributed by atoms with Gasteiger partial charge < -0.3 is 16.2 Å². The SMILES string of the molecule is Nc1cccc(C(=O)Nc2c(S(=O)(=O)O)ccc3cccc(O)c23)c1. The topological polar surface area (TPSA) is 130 Å². The van der Waals surface area contributed by atoms with Gasteiger partial charge in [0.05, 0.1) is 5.69 Å². The molecule has 0 saturated carbocycles. The molecule has 0 radical (unpaired) electrons. The summed E-state index contributed by atoms with van der Waals surface area (Å²) >= 11 is 0. The predicted molar refractivity (Wildman–Crippen MR) is 94.2 cm³/mol. The fourth-order valence-electron chi connectivity index (χ4n) is 2.55. The van der Waals surface area contributed by atoms with Gasteiger partial charge in [-0.05, 0) is 35.7 Å². The maximum absolute atomic E-state index is 12.5. The van der Waals surface area contributed by atoms with E-state index < -0.39 is 20.9 Å². The number of nitrogens with one attached hydrogen (secondary N) is 1. The maximum atomic E-state index is 12.5. The second-order valence-corrected chi connectivity index (χ2v) is 6.76. The number of benzene rings is 3. The zero-order valence-electron chi connectivity index (χ0n) is 12.8. The molecule has 0 aliphatic rings. The molecule has 1 amide bonds. The van der Waals surface area contributed by atoms with Crippen molar-refractivity contribution in [1.82, 2.24) is 0 Å². The second kappa shape index (κ2) is 6.08. The van der Waals surface area contributed by atoms with Crippen LogP contribution in [0.1, 0.15) is 10.4 Å². The molecule has 0 saturated heterocycles. The molecule has 0 heterocycles. The van der Waals surface area contributed by atoms with Gasteiger partial charge in [-0.3, -0.25) is 9.35 Å². The van der Waals surface area contributed by atoms with Crippen molar-refractivity contribution in [2.24, 2.45) is 0 Å². The molecule has 8 heteroatoms. The van der Waals surface area contributed by atoms with Gasteiger partial charge in [0, 0.05) is 16.6 Å². The van der Waals surface area contributed by atoms with Gasteiger partial charge in [-0.1, -0.05) is 24.3 Å². The highest BCUT2D eigenvalue weighted by Gasteiger charge is 2.22. The molecule has 0 bridgehead atoms. The highest BCUT2D eigenvalue weighted by atomic mass is 32.2. The molecular weight excluding hydrogens is 344 g/mol. The number of phenols is 1. The van der Waals surface area contributed by atoms with Crippen LogP contribution in [0.5, 0.6) is 5.75 Å². The smallest absolute Gasteiger partial charge is 0.296 e. The Kier molecular flexibility index (Phi) is 4.07. The molecule has 5 N–H and O–H groups in total. The van der Waals surface area contributed by atoms with Gasteiger partial charge in [-0.2, -0.15) is 8.42 Å². The lowest BCUT2D eigenvalue weighted by Crippen LogP contribution is -2.15. The number of carbonyl (C=O) groups is 1. The summed E-state index contributed by atoms with van der Waals surface area (Å²) in [7, 11) is -4.63. The van der Waals surface area contributed by atoms with Crippen LogP contribution in [0.4, 0.5) is 11.4 Å². The molecule has 3 aromatic carbocycles. The average molecular weight is 358 g/mol. The Morgan fingerprint density at radius 2 is 1.76 bits per heavy atom. The first-order valence-electron chi connectivity index (χ1n) is 7.16. The van der Waals surface area contributed by atoms with E-state index in [2.05, 4.69) is 5.32 Å². The van der Waals surface area contributed by atoms with Gasteiger partial charge in [-0.25, -0.2) is 0 Å². The lowest BCUT2D eigenvalue weighted by atomic mass is 10.1. The van der Waals surface area contributed by atoms with E-state index in [-0.39, 0.29) is 22.4 Å². The van der Waals surface area contributed by atoms with Gasteiger partial charge in [0.15, 0.2) is 0 Å². The number of hydrogen-bond acceptors (Lipinski definition) is 5. The molecule has 128 valence electrons. The highest BCUT2D eigenvalue weighted by Crippen LogP contribution is 2.36. The molecule has 3 rings (SSSR count). The third kappa shape index (κ3) is 3.25. The summed E-state index contributed by atoms with van der Waals surface area (Å²) in [5, 5.41) is 13.2. The van der Waals surface area contributed by atoms with Crippen LogP contribution in [0, 0.1) is 0 Å². The predicted octanol–water partition coefficient (Wildman–Crippen LogP) is 2.63. The number of rotatable bonds is 3. The van der Waals surface area contributed by atoms with Crippen LogP contribution in [0.25, 0.3) is 10.8 Å². The standard InChI is InChI=1S/C17H14N2O5S/c18-12-5-1-4-11(9-12)17(21)19-16-14(25(22,23)24)8-7-10-3-2-6-13(20)15(10)16/h1-9,20H,18H2,(H,19,21)(H,22,23,24). The summed E-state index contributed by atoms with van der Waals surface area (Å²) in [5.74, 6) is -0.862. The monoisotopic (exact) mass is 358 g/mol. The van der Waals surface area contributed by atoms with E-state index in [9.17, 15) is 22.9 Å². The Morgan fingerprint density at radius 3 is 2.44 bits per heavy atom. The first-order chi connectivity index (χ1) is 11.8. The number of carbonyl (C=O) groups excluding carboxylic acids is 1. The van der Waals surface area contributed by atoms with Crippen molar-refractivity contribution in [3.8, 4) is 5.75 Å². The molecule has 7 nitrogen and oxygen atoms in total. The first-order valence-corrected chi connectivity index (χ1v) is 8.60. The molecular formula is C17H14N2O5S. The summed E-state index contributed by atoms with van der Waals surface area (Å²) in [6.45, 7) is 0. The molecule has 3 aromatic rings. The summed E-state index contributed by atoms with van der Waals surface area (Å²) in [5.41, 5.74) is 6.01. The Hall–Kier alpha value is -3.10. The maximum Gasteiger partial charge on any atom is 0.296 e. The second-order valence-electron chi connectivity index (χ2n) is 5.37. The minimum Gasteiger partial charge on any atom is -0.507 e. The minimum absolute atomic E-state index is 0.106. The number of amides is 1. The van der Waals surface area contributed by atoms with Crippen molar-refractivity contribution in [2.75, 3.05) is 11.1 Å². The normalized spacial score (nSPS) is 11.4. The number of anilines is 2. The average Bonchev–Trinajstić information content (AvgIpc) is 2.54. The lowest BCUT2D eigenvalue weighted by Gasteiger charge is -2.14. The van der Waals surface area contributed by atoms with Crippen molar-refractivity contribution in [2.45, 2.75) is 4.90 Å². The van der Waals surface area contributed by atoms with E-state index in [4.69, 9.17) is 5.73 Å².